The summed E-state index contributed by atoms with van der Waals surface area (Å²) < 4.78 is 40.0. The lowest BCUT2D eigenvalue weighted by atomic mass is 10.2. The fraction of sp³-hybridized carbons (Fsp3) is 0.438. The molecule has 1 unspecified atom stereocenters. The lowest BCUT2D eigenvalue weighted by Crippen LogP contribution is -2.15. The van der Waals surface area contributed by atoms with Crippen LogP contribution in [0.4, 0.5) is 5.69 Å². The van der Waals surface area contributed by atoms with Gasteiger partial charge in [-0.25, -0.2) is 8.42 Å². The molecule has 1 aromatic heterocycles. The number of methoxy groups -OCH3 is 1. The van der Waals surface area contributed by atoms with E-state index in [-0.39, 0.29) is 11.0 Å². The minimum absolute atomic E-state index is 0.151. The molecule has 0 saturated carbocycles. The summed E-state index contributed by atoms with van der Waals surface area (Å²) in [6.07, 6.45) is 5.39. The van der Waals surface area contributed by atoms with Crippen molar-refractivity contribution >= 4 is 15.7 Å². The molecule has 24 heavy (non-hydrogen) atoms. The van der Waals surface area contributed by atoms with Crippen LogP contribution < -0.4 is 9.46 Å². The van der Waals surface area contributed by atoms with Crippen LogP contribution in [0, 0.1) is 6.92 Å². The van der Waals surface area contributed by atoms with Crippen molar-refractivity contribution in [1.82, 2.24) is 9.78 Å². The normalized spacial score (nSPS) is 17.8. The average Bonchev–Trinajstić information content (AvgIpc) is 3.19. The van der Waals surface area contributed by atoms with Gasteiger partial charge < -0.3 is 9.47 Å². The predicted molar refractivity (Wildman–Crippen MR) is 89.7 cm³/mol. The van der Waals surface area contributed by atoms with Crippen molar-refractivity contribution < 1.29 is 17.9 Å². The summed E-state index contributed by atoms with van der Waals surface area (Å²) in [6, 6.07) is 4.74. The van der Waals surface area contributed by atoms with Crippen molar-refractivity contribution in [1.29, 1.82) is 0 Å². The Morgan fingerprint density at radius 1 is 1.46 bits per heavy atom. The largest absolute Gasteiger partial charge is 0.496 e. The lowest BCUT2D eigenvalue weighted by Gasteiger charge is -2.10. The summed E-state index contributed by atoms with van der Waals surface area (Å²) in [7, 11) is -2.11. The van der Waals surface area contributed by atoms with Crippen LogP contribution in [0.5, 0.6) is 5.75 Å². The van der Waals surface area contributed by atoms with E-state index in [1.54, 1.807) is 37.0 Å². The summed E-state index contributed by atoms with van der Waals surface area (Å²) in [5, 5.41) is 4.19. The highest BCUT2D eigenvalue weighted by Crippen LogP contribution is 2.23. The van der Waals surface area contributed by atoms with Gasteiger partial charge in [0.25, 0.3) is 10.0 Å². The second kappa shape index (κ2) is 6.82. The first-order valence-corrected chi connectivity index (χ1v) is 9.28. The molecule has 0 bridgehead atoms. The lowest BCUT2D eigenvalue weighted by molar-refractivity contribution is 0.0940. The van der Waals surface area contributed by atoms with Gasteiger partial charge in [-0.1, -0.05) is 0 Å². The number of nitrogens with one attached hydrogen (secondary N) is 1. The summed E-state index contributed by atoms with van der Waals surface area (Å²) in [6.45, 7) is 3.21. The van der Waals surface area contributed by atoms with Gasteiger partial charge in [-0.15, -0.1) is 0 Å². The predicted octanol–water partition coefficient (Wildman–Crippen LogP) is 2.18. The Morgan fingerprint density at radius 3 is 2.96 bits per heavy atom. The highest BCUT2D eigenvalue weighted by Gasteiger charge is 2.19. The molecule has 7 nitrogen and oxygen atoms in total. The fourth-order valence-corrected chi connectivity index (χ4v) is 3.86. The van der Waals surface area contributed by atoms with Crippen LogP contribution in [0.15, 0.2) is 35.5 Å². The van der Waals surface area contributed by atoms with Crippen molar-refractivity contribution in [2.24, 2.45) is 0 Å². The topological polar surface area (TPSA) is 82.5 Å². The van der Waals surface area contributed by atoms with E-state index in [9.17, 15) is 8.42 Å². The number of aryl methyl sites for hydroxylation is 1. The third kappa shape index (κ3) is 3.70. The quantitative estimate of drug-likeness (QED) is 0.862. The molecule has 1 aliphatic rings. The molecule has 1 fully saturated rings. The molecule has 2 aromatic rings. The highest BCUT2D eigenvalue weighted by atomic mass is 32.2. The maximum Gasteiger partial charge on any atom is 0.262 e. The maximum absolute atomic E-state index is 12.5. The number of aromatic nitrogens is 2. The first kappa shape index (κ1) is 16.8. The van der Waals surface area contributed by atoms with Crippen LogP contribution in [-0.2, 0) is 21.3 Å². The molecule has 2 heterocycles. The van der Waals surface area contributed by atoms with Crippen molar-refractivity contribution in [3.8, 4) is 5.75 Å². The molecule has 8 heteroatoms. The molecular weight excluding hydrogens is 330 g/mol. The van der Waals surface area contributed by atoms with Crippen LogP contribution in [0.25, 0.3) is 0 Å². The van der Waals surface area contributed by atoms with Crippen molar-refractivity contribution in [2.75, 3.05) is 18.4 Å². The summed E-state index contributed by atoms with van der Waals surface area (Å²) in [5.74, 6) is 0.651. The van der Waals surface area contributed by atoms with E-state index in [0.29, 0.717) is 18.0 Å². The highest BCUT2D eigenvalue weighted by molar-refractivity contribution is 7.92. The molecule has 0 radical (unpaired) electrons. The minimum Gasteiger partial charge on any atom is -0.496 e. The number of hydrogen-bond acceptors (Lipinski definition) is 5. The zero-order valence-corrected chi connectivity index (χ0v) is 14.5. The summed E-state index contributed by atoms with van der Waals surface area (Å²) in [4.78, 5) is 0.188. The fourth-order valence-electron chi connectivity index (χ4n) is 2.75. The Labute approximate surface area is 141 Å². The zero-order valence-electron chi connectivity index (χ0n) is 13.7. The first-order valence-electron chi connectivity index (χ1n) is 7.79. The van der Waals surface area contributed by atoms with Gasteiger partial charge in [0.2, 0.25) is 0 Å². The van der Waals surface area contributed by atoms with Gasteiger partial charge in [-0.2, -0.15) is 5.10 Å². The van der Waals surface area contributed by atoms with E-state index < -0.39 is 10.0 Å². The number of rotatable bonds is 6. The van der Waals surface area contributed by atoms with Gasteiger partial charge >= 0.3 is 0 Å². The summed E-state index contributed by atoms with van der Waals surface area (Å²) >= 11 is 0. The molecule has 0 amide bonds. The van der Waals surface area contributed by atoms with Crippen LogP contribution in [0.1, 0.15) is 18.4 Å². The molecule has 1 atom stereocenters. The van der Waals surface area contributed by atoms with Crippen LogP contribution >= 0.6 is 0 Å². The van der Waals surface area contributed by atoms with E-state index in [2.05, 4.69) is 9.82 Å². The number of anilines is 1. The van der Waals surface area contributed by atoms with E-state index in [0.717, 1.165) is 25.0 Å². The van der Waals surface area contributed by atoms with Crippen LogP contribution in [0.3, 0.4) is 0 Å². The smallest absolute Gasteiger partial charge is 0.262 e. The Bertz CT molecular complexity index is 810. The Balaban J connectivity index is 1.72. The molecule has 1 aromatic carbocycles. The van der Waals surface area contributed by atoms with Gasteiger partial charge in [0.15, 0.2) is 0 Å². The zero-order chi connectivity index (χ0) is 17.2. The number of benzene rings is 1. The first-order chi connectivity index (χ1) is 11.5. The molecule has 1 N–H and O–H groups in total. The van der Waals surface area contributed by atoms with Crippen molar-refractivity contribution in [2.45, 2.75) is 37.3 Å². The molecule has 3 rings (SSSR count). The van der Waals surface area contributed by atoms with Gasteiger partial charge in [0.1, 0.15) is 5.75 Å². The van der Waals surface area contributed by atoms with Gasteiger partial charge in [-0.05, 0) is 43.5 Å². The second-order valence-corrected chi connectivity index (χ2v) is 7.51. The molecule has 1 saturated heterocycles. The molecule has 130 valence electrons. The number of sulfonamides is 1. The number of hydrogen-bond donors (Lipinski definition) is 1. The Morgan fingerprint density at radius 2 is 2.29 bits per heavy atom. The SMILES string of the molecule is COc1ccc(S(=O)(=O)Nc2cnn(CC3CCCO3)c2)cc1C. The minimum atomic E-state index is -3.66. The maximum atomic E-state index is 12.5. The van der Waals surface area contributed by atoms with E-state index in [4.69, 9.17) is 9.47 Å². The average molecular weight is 351 g/mol. The third-order valence-electron chi connectivity index (χ3n) is 3.98. The van der Waals surface area contributed by atoms with Crippen LogP contribution in [-0.4, -0.2) is 38.0 Å². The van der Waals surface area contributed by atoms with Crippen molar-refractivity contribution in [3.05, 3.63) is 36.2 Å². The Hall–Kier alpha value is -2.06. The van der Waals surface area contributed by atoms with E-state index >= 15 is 0 Å². The second-order valence-electron chi connectivity index (χ2n) is 5.82. The van der Waals surface area contributed by atoms with Gasteiger partial charge in [-0.3, -0.25) is 9.40 Å². The number of nitrogens with zero attached hydrogens (tertiary/aromatic N) is 2. The number of ether oxygens (including phenoxy) is 2. The van der Waals surface area contributed by atoms with Gasteiger partial charge in [0.05, 0.1) is 36.5 Å². The van der Waals surface area contributed by atoms with Gasteiger partial charge in [0, 0.05) is 12.8 Å². The van der Waals surface area contributed by atoms with Crippen molar-refractivity contribution in [3.63, 3.8) is 0 Å². The monoisotopic (exact) mass is 351 g/mol. The molecule has 0 spiro atoms. The van der Waals surface area contributed by atoms with E-state index in [1.807, 2.05) is 0 Å². The molecule has 1 aliphatic heterocycles. The summed E-state index contributed by atoms with van der Waals surface area (Å²) in [5.41, 5.74) is 1.19. The van der Waals surface area contributed by atoms with E-state index in [1.165, 1.54) is 12.3 Å². The van der Waals surface area contributed by atoms with Crippen LogP contribution in [0.2, 0.25) is 0 Å². The standard InChI is InChI=1S/C16H21N3O4S/c1-12-8-15(5-6-16(12)22-2)24(20,21)18-13-9-17-19(10-13)11-14-4-3-7-23-14/h5-6,8-10,14,18H,3-4,7,11H2,1-2H3. The Kier molecular flexibility index (Phi) is 4.77. The third-order valence-corrected chi connectivity index (χ3v) is 5.36. The molecular formula is C16H21N3O4S. The molecule has 0 aliphatic carbocycles.